The smallest absolute Gasteiger partial charge is 0.344 e. The summed E-state index contributed by atoms with van der Waals surface area (Å²) in [5, 5.41) is 0.584. The molecule has 0 aromatic heterocycles. The Morgan fingerprint density at radius 3 is 2.25 bits per heavy atom. The zero-order valence-corrected chi connectivity index (χ0v) is 25.9. The molecule has 0 unspecified atom stereocenters. The number of aryl methyl sites for hydroxylation is 2. The van der Waals surface area contributed by atoms with Crippen molar-refractivity contribution in [2.24, 2.45) is 4.99 Å². The van der Waals surface area contributed by atoms with E-state index in [4.69, 9.17) is 19.2 Å². The molecular weight excluding hydrogens is 639 g/mol. The van der Waals surface area contributed by atoms with Crippen molar-refractivity contribution >= 4 is 68.8 Å². The monoisotopic (exact) mass is 670 g/mol. The summed E-state index contributed by atoms with van der Waals surface area (Å²) in [6.07, 6.45) is 3.68. The van der Waals surface area contributed by atoms with Crippen LogP contribution in [-0.4, -0.2) is 37.4 Å². The van der Waals surface area contributed by atoms with Crippen LogP contribution in [0, 0.1) is 3.57 Å². The second-order valence-corrected chi connectivity index (χ2v) is 11.0. The van der Waals surface area contributed by atoms with Crippen molar-refractivity contribution in [2.45, 2.75) is 33.6 Å². The molecule has 40 heavy (non-hydrogen) atoms. The Hall–Kier alpha value is -3.31. The molecule has 0 radical (unpaired) electrons. The van der Waals surface area contributed by atoms with Crippen molar-refractivity contribution in [2.75, 3.05) is 25.2 Å². The summed E-state index contributed by atoms with van der Waals surface area (Å²) in [5.41, 5.74) is 4.72. The highest BCUT2D eigenvalue weighted by molar-refractivity contribution is 14.1. The maximum atomic E-state index is 13.8. The number of rotatable bonds is 10. The lowest BCUT2D eigenvalue weighted by Gasteiger charge is -2.16. The second kappa shape index (κ2) is 13.8. The maximum Gasteiger partial charge on any atom is 0.344 e. The van der Waals surface area contributed by atoms with Gasteiger partial charge >= 0.3 is 5.97 Å². The lowest BCUT2D eigenvalue weighted by molar-refractivity contribution is -0.145. The Labute approximate surface area is 252 Å². The van der Waals surface area contributed by atoms with Gasteiger partial charge in [-0.1, -0.05) is 38.1 Å². The van der Waals surface area contributed by atoms with Gasteiger partial charge in [-0.15, -0.1) is 0 Å². The van der Waals surface area contributed by atoms with Gasteiger partial charge in [0.2, 0.25) is 0 Å². The van der Waals surface area contributed by atoms with E-state index in [1.165, 1.54) is 30.0 Å². The lowest BCUT2D eigenvalue weighted by Crippen LogP contribution is -2.28. The molecule has 4 rings (SSSR count). The standard InChI is InChI=1S/C31H31IN2O5S/c1-5-20-8-12-23(13-9-20)33-31-34(24-14-10-21(6-2)11-15-24)30(36)27(40-31)18-22-16-25(32)29(26(17-22)37-4)39-19-28(35)38-7-3/h8-18H,5-7,19H2,1-4H3/b27-18-,33-31?. The number of amidine groups is 1. The number of ether oxygens (including phenoxy) is 3. The summed E-state index contributed by atoms with van der Waals surface area (Å²) >= 11 is 3.45. The van der Waals surface area contributed by atoms with Crippen LogP contribution in [0.15, 0.2) is 70.6 Å². The number of amides is 1. The third-order valence-electron chi connectivity index (χ3n) is 6.17. The number of benzene rings is 3. The van der Waals surface area contributed by atoms with Gasteiger partial charge < -0.3 is 14.2 Å². The third-order valence-corrected chi connectivity index (χ3v) is 7.94. The van der Waals surface area contributed by atoms with Gasteiger partial charge in [-0.2, -0.15) is 0 Å². The summed E-state index contributed by atoms with van der Waals surface area (Å²) in [5.74, 6) is 0.284. The van der Waals surface area contributed by atoms with Crippen molar-refractivity contribution in [3.63, 3.8) is 0 Å². The Kier molecular flexibility index (Phi) is 10.3. The second-order valence-electron chi connectivity index (χ2n) is 8.81. The number of hydrogen-bond acceptors (Lipinski definition) is 7. The molecule has 0 atom stereocenters. The zero-order valence-electron chi connectivity index (χ0n) is 22.9. The molecule has 1 heterocycles. The van der Waals surface area contributed by atoms with Gasteiger partial charge in [-0.3, -0.25) is 9.69 Å². The van der Waals surface area contributed by atoms with Crippen LogP contribution in [0.2, 0.25) is 0 Å². The SMILES string of the molecule is CCOC(=O)COc1c(I)cc(/C=C2\SC(=Nc3ccc(CC)cc3)N(c3ccc(CC)cc3)C2=O)cc1OC. The first-order valence-electron chi connectivity index (χ1n) is 13.0. The van der Waals surface area contributed by atoms with Gasteiger partial charge in [0.1, 0.15) is 0 Å². The quantitative estimate of drug-likeness (QED) is 0.129. The number of nitrogens with zero attached hydrogens (tertiary/aromatic N) is 2. The highest BCUT2D eigenvalue weighted by Gasteiger charge is 2.35. The van der Waals surface area contributed by atoms with Crippen LogP contribution in [0.5, 0.6) is 11.5 Å². The first kappa shape index (κ1) is 29.7. The third kappa shape index (κ3) is 7.06. The molecule has 1 aliphatic heterocycles. The molecule has 1 fully saturated rings. The van der Waals surface area contributed by atoms with E-state index in [0.29, 0.717) is 21.6 Å². The van der Waals surface area contributed by atoms with Crippen LogP contribution < -0.4 is 14.4 Å². The van der Waals surface area contributed by atoms with E-state index in [0.717, 1.165) is 33.4 Å². The van der Waals surface area contributed by atoms with Gasteiger partial charge in [-0.05, 0) is 113 Å². The average Bonchev–Trinajstić information content (AvgIpc) is 3.26. The van der Waals surface area contributed by atoms with Crippen LogP contribution in [0.25, 0.3) is 6.08 Å². The number of esters is 1. The van der Waals surface area contributed by atoms with E-state index >= 15 is 0 Å². The van der Waals surface area contributed by atoms with E-state index in [2.05, 4.69) is 48.6 Å². The summed E-state index contributed by atoms with van der Waals surface area (Å²) in [6.45, 7) is 6.01. The molecule has 0 N–H and O–H groups in total. The van der Waals surface area contributed by atoms with Gasteiger partial charge in [0.25, 0.3) is 5.91 Å². The number of hydrogen-bond donors (Lipinski definition) is 0. The minimum Gasteiger partial charge on any atom is -0.493 e. The molecule has 3 aromatic carbocycles. The van der Waals surface area contributed by atoms with Crippen molar-refractivity contribution in [3.8, 4) is 11.5 Å². The molecule has 0 aliphatic carbocycles. The number of anilines is 1. The summed E-state index contributed by atoms with van der Waals surface area (Å²) in [6, 6.07) is 19.7. The van der Waals surface area contributed by atoms with Crippen LogP contribution >= 0.6 is 34.4 Å². The number of thioether (sulfide) groups is 1. The van der Waals surface area contributed by atoms with Crippen molar-refractivity contribution < 1.29 is 23.8 Å². The van der Waals surface area contributed by atoms with Crippen molar-refractivity contribution in [1.29, 1.82) is 0 Å². The zero-order chi connectivity index (χ0) is 28.6. The lowest BCUT2D eigenvalue weighted by atomic mass is 10.1. The predicted molar refractivity (Wildman–Crippen MR) is 170 cm³/mol. The Morgan fingerprint density at radius 1 is 1.00 bits per heavy atom. The molecule has 0 saturated carbocycles. The molecule has 1 amide bonds. The van der Waals surface area contributed by atoms with Gasteiger partial charge in [0.05, 0.1) is 33.6 Å². The maximum absolute atomic E-state index is 13.8. The van der Waals surface area contributed by atoms with E-state index < -0.39 is 5.97 Å². The fourth-order valence-electron chi connectivity index (χ4n) is 4.02. The summed E-state index contributed by atoms with van der Waals surface area (Å²) < 4.78 is 16.9. The minimum atomic E-state index is -0.456. The van der Waals surface area contributed by atoms with Crippen molar-refractivity contribution in [3.05, 3.63) is 85.8 Å². The van der Waals surface area contributed by atoms with E-state index in [1.807, 2.05) is 48.5 Å². The number of methoxy groups -OCH3 is 1. The Bertz CT molecular complexity index is 1440. The number of halogens is 1. The highest BCUT2D eigenvalue weighted by Crippen LogP contribution is 2.39. The normalized spacial score (nSPS) is 15.1. The number of carbonyl (C=O) groups is 2. The topological polar surface area (TPSA) is 77.4 Å². The minimum absolute atomic E-state index is 0.158. The van der Waals surface area contributed by atoms with Crippen LogP contribution in [-0.2, 0) is 27.2 Å². The summed E-state index contributed by atoms with van der Waals surface area (Å²) in [7, 11) is 1.53. The first-order valence-corrected chi connectivity index (χ1v) is 14.9. The molecule has 1 aliphatic rings. The molecular formula is C31H31IN2O5S. The van der Waals surface area contributed by atoms with E-state index in [9.17, 15) is 9.59 Å². The molecule has 9 heteroatoms. The highest BCUT2D eigenvalue weighted by atomic mass is 127. The van der Waals surface area contributed by atoms with Gasteiger partial charge in [0, 0.05) is 0 Å². The van der Waals surface area contributed by atoms with Crippen molar-refractivity contribution in [1.82, 2.24) is 0 Å². The number of carbonyl (C=O) groups excluding carboxylic acids is 2. The van der Waals surface area contributed by atoms with Crippen LogP contribution in [0.4, 0.5) is 11.4 Å². The Morgan fingerprint density at radius 2 is 1.65 bits per heavy atom. The predicted octanol–water partition coefficient (Wildman–Crippen LogP) is 7.18. The summed E-state index contributed by atoms with van der Waals surface area (Å²) in [4.78, 5) is 32.6. The molecule has 208 valence electrons. The number of aliphatic imine (C=N–C) groups is 1. The largest absolute Gasteiger partial charge is 0.493 e. The molecule has 7 nitrogen and oxygen atoms in total. The first-order chi connectivity index (χ1) is 19.4. The molecule has 0 spiro atoms. The van der Waals surface area contributed by atoms with E-state index in [-0.39, 0.29) is 19.1 Å². The fourth-order valence-corrected chi connectivity index (χ4v) is 5.80. The average molecular weight is 671 g/mol. The molecule has 0 bridgehead atoms. The van der Waals surface area contributed by atoms with Gasteiger partial charge in [-0.25, -0.2) is 9.79 Å². The fraction of sp³-hybridized carbons (Fsp3) is 0.258. The molecule has 1 saturated heterocycles. The van der Waals surface area contributed by atoms with Crippen LogP contribution in [0.3, 0.4) is 0 Å². The van der Waals surface area contributed by atoms with Gasteiger partial charge in [0.15, 0.2) is 23.3 Å². The Balaban J connectivity index is 1.69. The van der Waals surface area contributed by atoms with E-state index in [1.54, 1.807) is 17.9 Å². The molecule has 3 aromatic rings. The van der Waals surface area contributed by atoms with Crippen LogP contribution in [0.1, 0.15) is 37.5 Å².